The Morgan fingerprint density at radius 3 is 2.71 bits per heavy atom. The minimum Gasteiger partial charge on any atom is -0.359 e. The largest absolute Gasteiger partial charge is 0.359 e. The van der Waals surface area contributed by atoms with Crippen LogP contribution in [0.2, 0.25) is 0 Å². The Balaban J connectivity index is 2.80. The molecule has 7 heteroatoms. The predicted molar refractivity (Wildman–Crippen MR) is 67.1 cm³/mol. The average Bonchev–Trinajstić information content (AvgIpc) is 2.30. The molecule has 0 saturated heterocycles. The van der Waals surface area contributed by atoms with Crippen LogP contribution in [-0.4, -0.2) is 28.5 Å². The molecule has 0 heterocycles. The van der Waals surface area contributed by atoms with Gasteiger partial charge in [0.15, 0.2) is 5.96 Å². The van der Waals surface area contributed by atoms with Crippen molar-refractivity contribution in [3.05, 3.63) is 29.8 Å². The van der Waals surface area contributed by atoms with E-state index in [0.717, 1.165) is 5.56 Å². The lowest BCUT2D eigenvalue weighted by Crippen LogP contribution is -2.34. The molecule has 0 aliphatic heterocycles. The molecule has 0 unspecified atom stereocenters. The summed E-state index contributed by atoms with van der Waals surface area (Å²) in [4.78, 5) is 4.05. The summed E-state index contributed by atoms with van der Waals surface area (Å²) in [7, 11) is -0.250. The molecule has 0 amide bonds. The first-order valence-electron chi connectivity index (χ1n) is 4.97. The van der Waals surface area contributed by atoms with Crippen molar-refractivity contribution < 1.29 is 8.42 Å². The van der Waals surface area contributed by atoms with Crippen LogP contribution in [0.5, 0.6) is 0 Å². The van der Waals surface area contributed by atoms with Crippen LogP contribution < -0.4 is 15.8 Å². The van der Waals surface area contributed by atoms with Gasteiger partial charge >= 0.3 is 0 Å². The van der Waals surface area contributed by atoms with Gasteiger partial charge in [0.2, 0.25) is 10.0 Å². The summed E-state index contributed by atoms with van der Waals surface area (Å²) >= 11 is 0. The zero-order valence-electron chi connectivity index (χ0n) is 9.77. The van der Waals surface area contributed by atoms with E-state index in [9.17, 15) is 8.42 Å². The van der Waals surface area contributed by atoms with E-state index in [1.807, 2.05) is 6.07 Å². The number of primary sulfonamides is 1. The van der Waals surface area contributed by atoms with E-state index in [1.54, 1.807) is 20.2 Å². The van der Waals surface area contributed by atoms with E-state index >= 15 is 0 Å². The molecule has 6 nitrogen and oxygen atoms in total. The molecule has 0 radical (unpaired) electrons. The first-order chi connectivity index (χ1) is 7.97. The molecule has 4 N–H and O–H groups in total. The van der Waals surface area contributed by atoms with Crippen molar-refractivity contribution in [3.8, 4) is 0 Å². The number of guanidine groups is 1. The summed E-state index contributed by atoms with van der Waals surface area (Å²) in [6.45, 7) is 0.469. The van der Waals surface area contributed by atoms with Gasteiger partial charge < -0.3 is 10.6 Å². The van der Waals surface area contributed by atoms with Crippen LogP contribution in [0.15, 0.2) is 34.2 Å². The molecule has 0 aliphatic carbocycles. The third-order valence-corrected chi connectivity index (χ3v) is 3.06. The highest BCUT2D eigenvalue weighted by Crippen LogP contribution is 2.09. The number of rotatable bonds is 3. The van der Waals surface area contributed by atoms with Gasteiger partial charge in [-0.15, -0.1) is 0 Å². The van der Waals surface area contributed by atoms with Crippen LogP contribution in [0.1, 0.15) is 5.56 Å². The SMILES string of the molecule is CN=C(NC)NCc1cccc(S(N)(=O)=O)c1. The summed E-state index contributed by atoms with van der Waals surface area (Å²) in [6.07, 6.45) is 0. The van der Waals surface area contributed by atoms with Gasteiger partial charge in [-0.25, -0.2) is 13.6 Å². The van der Waals surface area contributed by atoms with Crippen LogP contribution in [0.3, 0.4) is 0 Å². The van der Waals surface area contributed by atoms with Crippen LogP contribution in [-0.2, 0) is 16.6 Å². The van der Waals surface area contributed by atoms with Crippen LogP contribution >= 0.6 is 0 Å². The molecular weight excluding hydrogens is 240 g/mol. The van der Waals surface area contributed by atoms with Crippen LogP contribution in [0, 0.1) is 0 Å². The monoisotopic (exact) mass is 256 g/mol. The Bertz CT molecular complexity index is 511. The van der Waals surface area contributed by atoms with Crippen molar-refractivity contribution in [3.63, 3.8) is 0 Å². The van der Waals surface area contributed by atoms with E-state index in [-0.39, 0.29) is 4.90 Å². The molecule has 0 bridgehead atoms. The number of nitrogens with two attached hydrogens (primary N) is 1. The van der Waals surface area contributed by atoms with Gasteiger partial charge in [-0.05, 0) is 17.7 Å². The second-order valence-corrected chi connectivity index (χ2v) is 4.93. The molecule has 0 aliphatic rings. The number of aliphatic imine (C=N–C) groups is 1. The Morgan fingerprint density at radius 2 is 2.18 bits per heavy atom. The zero-order valence-corrected chi connectivity index (χ0v) is 10.6. The van der Waals surface area contributed by atoms with E-state index < -0.39 is 10.0 Å². The van der Waals surface area contributed by atoms with Gasteiger partial charge in [0.05, 0.1) is 4.90 Å². The maximum Gasteiger partial charge on any atom is 0.238 e. The number of sulfonamides is 1. The fourth-order valence-corrected chi connectivity index (χ4v) is 1.88. The molecule has 94 valence electrons. The third kappa shape index (κ3) is 4.04. The lowest BCUT2D eigenvalue weighted by molar-refractivity contribution is 0.597. The van der Waals surface area contributed by atoms with Crippen molar-refractivity contribution >= 4 is 16.0 Å². The maximum absolute atomic E-state index is 11.2. The molecule has 0 spiro atoms. The van der Waals surface area contributed by atoms with Gasteiger partial charge in [-0.3, -0.25) is 4.99 Å². The van der Waals surface area contributed by atoms with Crippen molar-refractivity contribution in [1.29, 1.82) is 0 Å². The lowest BCUT2D eigenvalue weighted by atomic mass is 10.2. The molecule has 1 rings (SSSR count). The van der Waals surface area contributed by atoms with Gasteiger partial charge in [0.25, 0.3) is 0 Å². The topological polar surface area (TPSA) is 96.6 Å². The lowest BCUT2D eigenvalue weighted by Gasteiger charge is -2.09. The molecule has 0 aromatic heterocycles. The summed E-state index contributed by atoms with van der Waals surface area (Å²) in [5, 5.41) is 10.9. The zero-order chi connectivity index (χ0) is 12.9. The van der Waals surface area contributed by atoms with Crippen LogP contribution in [0.25, 0.3) is 0 Å². The van der Waals surface area contributed by atoms with E-state index in [2.05, 4.69) is 15.6 Å². The summed E-state index contributed by atoms with van der Waals surface area (Å²) in [6, 6.07) is 6.46. The van der Waals surface area contributed by atoms with Gasteiger partial charge in [0, 0.05) is 20.6 Å². The molecule has 17 heavy (non-hydrogen) atoms. The smallest absolute Gasteiger partial charge is 0.238 e. The fraction of sp³-hybridized carbons (Fsp3) is 0.300. The van der Waals surface area contributed by atoms with E-state index in [4.69, 9.17) is 5.14 Å². The second-order valence-electron chi connectivity index (χ2n) is 3.37. The molecule has 1 aromatic carbocycles. The van der Waals surface area contributed by atoms with Crippen molar-refractivity contribution in [2.45, 2.75) is 11.4 Å². The Morgan fingerprint density at radius 1 is 1.47 bits per heavy atom. The van der Waals surface area contributed by atoms with Crippen molar-refractivity contribution in [1.82, 2.24) is 10.6 Å². The summed E-state index contributed by atoms with van der Waals surface area (Å²) < 4.78 is 22.3. The number of benzene rings is 1. The summed E-state index contributed by atoms with van der Waals surface area (Å²) in [5.74, 6) is 0.631. The number of hydrogen-bond acceptors (Lipinski definition) is 3. The molecule has 0 atom stereocenters. The van der Waals surface area contributed by atoms with Crippen LogP contribution in [0.4, 0.5) is 0 Å². The Hall–Kier alpha value is -1.60. The number of nitrogens with one attached hydrogen (secondary N) is 2. The highest BCUT2D eigenvalue weighted by atomic mass is 32.2. The Kier molecular flexibility index (Phi) is 4.47. The maximum atomic E-state index is 11.2. The number of hydrogen-bond donors (Lipinski definition) is 3. The standard InChI is InChI=1S/C10H16N4O2S/c1-12-10(13-2)14-7-8-4-3-5-9(6-8)17(11,15)16/h3-6H,7H2,1-2H3,(H2,11,15,16)(H2,12,13,14). The van der Waals surface area contributed by atoms with Gasteiger partial charge in [0.1, 0.15) is 0 Å². The molecule has 1 aromatic rings. The fourth-order valence-electron chi connectivity index (χ4n) is 1.30. The molecule has 0 saturated carbocycles. The Labute approximate surface area is 101 Å². The highest BCUT2D eigenvalue weighted by Gasteiger charge is 2.07. The average molecular weight is 256 g/mol. The normalized spacial score (nSPS) is 12.3. The molecular formula is C10H16N4O2S. The highest BCUT2D eigenvalue weighted by molar-refractivity contribution is 7.89. The van der Waals surface area contributed by atoms with Gasteiger partial charge in [-0.1, -0.05) is 12.1 Å². The quantitative estimate of drug-likeness (QED) is 0.508. The minimum absolute atomic E-state index is 0.108. The predicted octanol–water partition coefficient (Wildman–Crippen LogP) is -0.371. The third-order valence-electron chi connectivity index (χ3n) is 2.15. The minimum atomic E-state index is -3.65. The second kappa shape index (κ2) is 5.65. The van der Waals surface area contributed by atoms with E-state index in [1.165, 1.54) is 12.1 Å². The first kappa shape index (κ1) is 13.5. The van der Waals surface area contributed by atoms with Crippen molar-refractivity contribution in [2.75, 3.05) is 14.1 Å². The van der Waals surface area contributed by atoms with Gasteiger partial charge in [-0.2, -0.15) is 0 Å². The molecule has 0 fully saturated rings. The van der Waals surface area contributed by atoms with Crippen molar-refractivity contribution in [2.24, 2.45) is 10.1 Å². The van der Waals surface area contributed by atoms with E-state index in [0.29, 0.717) is 12.5 Å². The first-order valence-corrected chi connectivity index (χ1v) is 6.52. The summed E-state index contributed by atoms with van der Waals surface area (Å²) in [5.41, 5.74) is 0.813. The number of nitrogens with zero attached hydrogens (tertiary/aromatic N) is 1.